The summed E-state index contributed by atoms with van der Waals surface area (Å²) in [5.41, 5.74) is 9.91. The summed E-state index contributed by atoms with van der Waals surface area (Å²) in [7, 11) is 1.59. The first-order valence-corrected chi connectivity index (χ1v) is 15.9. The van der Waals surface area contributed by atoms with Crippen molar-refractivity contribution in [1.82, 2.24) is 9.47 Å². The number of ether oxygens (including phenoxy) is 1. The van der Waals surface area contributed by atoms with Crippen LogP contribution in [0.3, 0.4) is 0 Å². The Morgan fingerprint density at radius 2 is 1.86 bits per heavy atom. The number of fused-ring (bicyclic) bond motifs is 1. The second-order valence-corrected chi connectivity index (χ2v) is 10.9. The summed E-state index contributed by atoms with van der Waals surface area (Å²) in [6.07, 6.45) is -0.310. The Morgan fingerprint density at radius 1 is 1.14 bits per heavy atom. The van der Waals surface area contributed by atoms with Crippen LogP contribution in [0.1, 0.15) is 45.7 Å². The smallest absolute Gasteiger partial charge is 0.406 e. The van der Waals surface area contributed by atoms with E-state index in [0.29, 0.717) is 28.9 Å². The van der Waals surface area contributed by atoms with Crippen LogP contribution in [0.15, 0.2) is 47.4 Å². The molecule has 1 aliphatic rings. The number of anilines is 2. The molecule has 0 spiro atoms. The fraction of sp³-hybridized carbons (Fsp3) is 0.500. The minimum atomic E-state index is -4.40. The quantitative estimate of drug-likeness (QED) is 0.110. The second-order valence-electron chi connectivity index (χ2n) is 10.0. The Bertz CT molecular complexity index is 1370. The van der Waals surface area contributed by atoms with E-state index < -0.39 is 12.7 Å². The van der Waals surface area contributed by atoms with E-state index >= 15 is 0 Å². The Kier molecular flexibility index (Phi) is 16.4. The molecule has 239 valence electrons. The Hall–Kier alpha value is -1.94. The molecule has 0 amide bonds. The number of thioether (sulfide) groups is 1. The van der Waals surface area contributed by atoms with Crippen LogP contribution in [0.2, 0.25) is 0 Å². The van der Waals surface area contributed by atoms with Gasteiger partial charge in [0.15, 0.2) is 0 Å². The van der Waals surface area contributed by atoms with E-state index in [-0.39, 0.29) is 57.1 Å². The number of halogens is 3. The van der Waals surface area contributed by atoms with E-state index in [4.69, 9.17) is 4.74 Å². The van der Waals surface area contributed by atoms with Crippen molar-refractivity contribution >= 4 is 34.0 Å². The summed E-state index contributed by atoms with van der Waals surface area (Å²) in [5, 5.41) is 13.7. The van der Waals surface area contributed by atoms with Crippen molar-refractivity contribution < 1.29 is 55.7 Å². The fourth-order valence-electron chi connectivity index (χ4n) is 4.87. The monoisotopic (exact) mass is 707 g/mol. The molecule has 44 heavy (non-hydrogen) atoms. The van der Waals surface area contributed by atoms with Gasteiger partial charge in [0.2, 0.25) is 0 Å². The van der Waals surface area contributed by atoms with Gasteiger partial charge in [-0.15, -0.1) is 17.8 Å². The van der Waals surface area contributed by atoms with Gasteiger partial charge >= 0.3 is 6.18 Å². The van der Waals surface area contributed by atoms with E-state index in [1.807, 2.05) is 51.3 Å². The molecule has 0 bridgehead atoms. The Morgan fingerprint density at radius 3 is 2.50 bits per heavy atom. The molecule has 1 saturated heterocycles. The molecule has 1 fully saturated rings. The van der Waals surface area contributed by atoms with Crippen LogP contribution < -0.4 is 15.5 Å². The zero-order valence-corrected chi connectivity index (χ0v) is 29.8. The van der Waals surface area contributed by atoms with Crippen molar-refractivity contribution in [3.05, 3.63) is 53.6 Å². The van der Waals surface area contributed by atoms with Crippen LogP contribution in [0, 0.1) is 11.8 Å². The van der Waals surface area contributed by atoms with Crippen LogP contribution in [0.4, 0.5) is 24.5 Å². The summed E-state index contributed by atoms with van der Waals surface area (Å²) in [4.78, 5) is 3.30. The number of hydrogen-bond acceptors (Lipinski definition) is 6. The average molecular weight is 708 g/mol. The van der Waals surface area contributed by atoms with Crippen molar-refractivity contribution in [3.63, 3.8) is 0 Å². The third kappa shape index (κ3) is 11.1. The number of hydrogen-bond donors (Lipinski definition) is 3. The van der Waals surface area contributed by atoms with Gasteiger partial charge in [-0.25, -0.2) is 0 Å². The molecule has 1 radical (unpaired) electrons. The van der Waals surface area contributed by atoms with Crippen molar-refractivity contribution in [2.75, 3.05) is 50.3 Å². The number of likely N-dealkylation sites (tertiary alicyclic amines) is 1. The van der Waals surface area contributed by atoms with Crippen LogP contribution in [-0.4, -0.2) is 72.4 Å². The van der Waals surface area contributed by atoms with Crippen LogP contribution >= 0.6 is 11.8 Å². The standard InChI is InChI=1S/C30H37F3N5O2S.C2H6.Y/c1-4-23(39)19-37-15-12-21(13-16-37)35-36-26-8-5-9-28-25(26)17-22(38(28)20-30(31,32)33)7-6-14-34-27-11-10-24(41-3)18-29(27)40-2;1-2;/h5,8-11,17-18,21,23,34,36,39H,4,12-16,19-20H2,1-3H3;1-2H3;/q-1;;. The van der Waals surface area contributed by atoms with Crippen molar-refractivity contribution in [2.24, 2.45) is 0 Å². The van der Waals surface area contributed by atoms with Crippen LogP contribution in [0.25, 0.3) is 16.3 Å². The number of benzene rings is 2. The van der Waals surface area contributed by atoms with Gasteiger partial charge in [-0.05, 0) is 68.1 Å². The maximum Gasteiger partial charge on any atom is 0.406 e. The average Bonchev–Trinajstić information content (AvgIpc) is 3.35. The Labute approximate surface area is 288 Å². The third-order valence-corrected chi connectivity index (χ3v) is 7.87. The number of piperidine rings is 1. The first-order chi connectivity index (χ1) is 20.7. The third-order valence-electron chi connectivity index (χ3n) is 7.14. The molecule has 3 aromatic rings. The molecule has 12 heteroatoms. The van der Waals surface area contributed by atoms with Gasteiger partial charge in [0, 0.05) is 55.2 Å². The van der Waals surface area contributed by atoms with E-state index in [0.717, 1.165) is 42.9 Å². The molecule has 2 aromatic carbocycles. The van der Waals surface area contributed by atoms with E-state index in [1.165, 1.54) is 4.57 Å². The molecule has 1 aromatic heterocycles. The summed E-state index contributed by atoms with van der Waals surface area (Å²) in [6.45, 7) is 7.43. The van der Waals surface area contributed by atoms with Gasteiger partial charge < -0.3 is 35.5 Å². The van der Waals surface area contributed by atoms with Crippen molar-refractivity contribution in [1.29, 1.82) is 0 Å². The number of alkyl halides is 3. The van der Waals surface area contributed by atoms with Gasteiger partial charge in [0.25, 0.3) is 0 Å². The first kappa shape index (κ1) is 38.2. The molecular weight excluding hydrogens is 664 g/mol. The molecular formula is C32H43F3N5O2SY-. The predicted molar refractivity (Wildman–Crippen MR) is 172 cm³/mol. The SMILES string of the molecule is CC.CCC(O)CN1CCC([N-]Nc2cccc3c2cc(C#CCNc2ccc(SC)cc2OC)n3CC(F)(F)F)CC1.[Y]. The van der Waals surface area contributed by atoms with Gasteiger partial charge in [-0.3, -0.25) is 0 Å². The van der Waals surface area contributed by atoms with Crippen molar-refractivity contribution in [3.8, 4) is 17.6 Å². The van der Waals surface area contributed by atoms with E-state index in [2.05, 4.69) is 32.9 Å². The molecule has 4 rings (SSSR count). The maximum atomic E-state index is 13.6. The van der Waals surface area contributed by atoms with Gasteiger partial charge in [-0.2, -0.15) is 13.2 Å². The molecule has 0 aliphatic carbocycles. The number of aliphatic hydroxyl groups excluding tert-OH is 1. The molecule has 7 nitrogen and oxygen atoms in total. The van der Waals surface area contributed by atoms with Crippen LogP contribution in [-0.2, 0) is 39.3 Å². The maximum absolute atomic E-state index is 13.6. The first-order valence-electron chi connectivity index (χ1n) is 14.7. The molecule has 2 heterocycles. The number of rotatable bonds is 11. The van der Waals surface area contributed by atoms with Crippen molar-refractivity contribution in [2.45, 2.75) is 69.8 Å². The molecule has 1 atom stereocenters. The number of β-amino-alcohol motifs (C(OH)–C–C–N with tert-alkyl or cyclic N) is 1. The summed E-state index contributed by atoms with van der Waals surface area (Å²) >= 11 is 1.60. The molecule has 3 N–H and O–H groups in total. The number of methoxy groups -OCH3 is 1. The van der Waals surface area contributed by atoms with E-state index in [1.54, 1.807) is 37.1 Å². The van der Waals surface area contributed by atoms with Gasteiger partial charge in [0.1, 0.15) is 12.3 Å². The minimum Gasteiger partial charge on any atom is -0.568 e. The Balaban J connectivity index is 0.00000220. The number of nitrogens with one attached hydrogen (secondary N) is 2. The number of nitrogens with zero attached hydrogens (tertiary/aromatic N) is 3. The normalized spacial score (nSPS) is 14.5. The zero-order chi connectivity index (χ0) is 31.4. The van der Waals surface area contributed by atoms with E-state index in [9.17, 15) is 18.3 Å². The van der Waals surface area contributed by atoms with Gasteiger partial charge in [-0.1, -0.05) is 45.6 Å². The minimum absolute atomic E-state index is 0. The number of aliphatic hydroxyl groups is 1. The molecule has 1 unspecified atom stereocenters. The number of aromatic nitrogens is 1. The van der Waals surface area contributed by atoms with Crippen LogP contribution in [0.5, 0.6) is 5.75 Å². The second kappa shape index (κ2) is 18.9. The van der Waals surface area contributed by atoms with Gasteiger partial charge in [0.05, 0.1) is 36.7 Å². The topological polar surface area (TPSA) is 75.8 Å². The summed E-state index contributed by atoms with van der Waals surface area (Å²) in [6, 6.07) is 12.8. The largest absolute Gasteiger partial charge is 0.568 e. The fourth-order valence-corrected chi connectivity index (χ4v) is 5.30. The molecule has 0 saturated carbocycles. The summed E-state index contributed by atoms with van der Waals surface area (Å²) in [5.74, 6) is 6.57. The summed E-state index contributed by atoms with van der Waals surface area (Å²) < 4.78 is 47.3. The molecule has 1 aliphatic heterocycles. The predicted octanol–water partition coefficient (Wildman–Crippen LogP) is 7.36. The zero-order valence-electron chi connectivity index (χ0n) is 26.2.